The number of carboxylic acid groups (broad SMARTS) is 1. The van der Waals surface area contributed by atoms with Gasteiger partial charge in [-0.15, -0.1) is 0 Å². The fraction of sp³-hybridized carbons (Fsp3) is 0.0588. The summed E-state index contributed by atoms with van der Waals surface area (Å²) in [6.07, 6.45) is 4.83. The molecular weight excluding hydrogens is 360 g/mol. The number of aromatic nitrogens is 1. The molecule has 0 unspecified atom stereocenters. The number of carboxylic acids is 1. The van der Waals surface area contributed by atoms with Crippen molar-refractivity contribution in [1.29, 1.82) is 0 Å². The Morgan fingerprint density at radius 1 is 1.32 bits per heavy atom. The standard InChI is InChI=1S/C17H12N2O4S2/c20-15(21)10-23-13-6-2-1-4-11(13)8-14-16(22)19(17(24)25-14)12-5-3-7-18-9-12/h1-9H,10H2,(H,20,21)/b14-8-. The molecule has 1 aliphatic rings. The molecule has 0 spiro atoms. The molecule has 1 aromatic heterocycles. The molecule has 1 amide bonds. The summed E-state index contributed by atoms with van der Waals surface area (Å²) in [6, 6.07) is 10.4. The molecule has 0 radical (unpaired) electrons. The van der Waals surface area contributed by atoms with Crippen molar-refractivity contribution in [3.63, 3.8) is 0 Å². The van der Waals surface area contributed by atoms with Crippen molar-refractivity contribution in [1.82, 2.24) is 4.98 Å². The van der Waals surface area contributed by atoms with E-state index in [4.69, 9.17) is 22.1 Å². The summed E-state index contributed by atoms with van der Waals surface area (Å²) in [4.78, 5) is 29.2. The molecular formula is C17H12N2O4S2. The molecule has 0 bridgehead atoms. The molecule has 1 aromatic carbocycles. The first kappa shape index (κ1) is 17.1. The molecule has 126 valence electrons. The summed E-state index contributed by atoms with van der Waals surface area (Å²) in [5.74, 6) is -0.940. The van der Waals surface area contributed by atoms with E-state index in [9.17, 15) is 9.59 Å². The van der Waals surface area contributed by atoms with E-state index < -0.39 is 12.6 Å². The van der Waals surface area contributed by atoms with Crippen LogP contribution in [0, 0.1) is 0 Å². The Labute approximate surface area is 153 Å². The maximum absolute atomic E-state index is 12.7. The van der Waals surface area contributed by atoms with Crippen molar-refractivity contribution in [2.24, 2.45) is 0 Å². The number of para-hydroxylation sites is 1. The zero-order valence-electron chi connectivity index (χ0n) is 12.8. The molecule has 2 aromatic rings. The third-order valence-electron chi connectivity index (χ3n) is 3.25. The van der Waals surface area contributed by atoms with Crippen molar-refractivity contribution in [2.45, 2.75) is 0 Å². The summed E-state index contributed by atoms with van der Waals surface area (Å²) in [5, 5.41) is 8.76. The molecule has 6 nitrogen and oxygen atoms in total. The second kappa shape index (κ2) is 7.45. The predicted molar refractivity (Wildman–Crippen MR) is 99.5 cm³/mol. The number of aliphatic carboxylic acids is 1. The average molecular weight is 372 g/mol. The number of thioether (sulfide) groups is 1. The van der Waals surface area contributed by atoms with Crippen LogP contribution in [0.4, 0.5) is 5.69 Å². The maximum Gasteiger partial charge on any atom is 0.341 e. The van der Waals surface area contributed by atoms with E-state index in [1.54, 1.807) is 54.9 Å². The lowest BCUT2D eigenvalue weighted by Gasteiger charge is -2.13. The van der Waals surface area contributed by atoms with Crippen LogP contribution in [0.3, 0.4) is 0 Å². The van der Waals surface area contributed by atoms with Crippen molar-refractivity contribution < 1.29 is 19.4 Å². The number of nitrogens with zero attached hydrogens (tertiary/aromatic N) is 2. The fourth-order valence-corrected chi connectivity index (χ4v) is 3.48. The van der Waals surface area contributed by atoms with E-state index in [-0.39, 0.29) is 5.91 Å². The number of hydrogen-bond donors (Lipinski definition) is 1. The lowest BCUT2D eigenvalue weighted by Crippen LogP contribution is -2.27. The van der Waals surface area contributed by atoms with E-state index in [0.717, 1.165) is 0 Å². The molecule has 0 saturated carbocycles. The highest BCUT2D eigenvalue weighted by atomic mass is 32.2. The molecule has 25 heavy (non-hydrogen) atoms. The van der Waals surface area contributed by atoms with Gasteiger partial charge in [0.2, 0.25) is 0 Å². The Hall–Kier alpha value is -2.71. The molecule has 0 atom stereocenters. The number of rotatable bonds is 5. The molecule has 1 fully saturated rings. The molecule has 2 heterocycles. The van der Waals surface area contributed by atoms with E-state index in [1.807, 2.05) is 0 Å². The molecule has 3 rings (SSSR count). The first-order valence-corrected chi connectivity index (χ1v) is 8.40. The van der Waals surface area contributed by atoms with Crippen LogP contribution in [0.1, 0.15) is 5.56 Å². The number of ether oxygens (including phenoxy) is 1. The van der Waals surface area contributed by atoms with Gasteiger partial charge >= 0.3 is 5.97 Å². The molecule has 1 aliphatic heterocycles. The Kier molecular flexibility index (Phi) is 5.11. The minimum Gasteiger partial charge on any atom is -0.481 e. The third kappa shape index (κ3) is 3.86. The summed E-state index contributed by atoms with van der Waals surface area (Å²) >= 11 is 6.48. The van der Waals surface area contributed by atoms with Gasteiger partial charge in [0.1, 0.15) is 5.75 Å². The smallest absolute Gasteiger partial charge is 0.341 e. The highest BCUT2D eigenvalue weighted by molar-refractivity contribution is 8.27. The van der Waals surface area contributed by atoms with Gasteiger partial charge in [0, 0.05) is 11.8 Å². The molecule has 8 heteroatoms. The van der Waals surface area contributed by atoms with Crippen LogP contribution in [0.25, 0.3) is 6.08 Å². The summed E-state index contributed by atoms with van der Waals surface area (Å²) in [6.45, 7) is -0.457. The number of anilines is 1. The van der Waals surface area contributed by atoms with Crippen LogP contribution in [0.5, 0.6) is 5.75 Å². The molecule has 1 N–H and O–H groups in total. The molecule has 1 saturated heterocycles. The number of thiocarbonyl (C=S) groups is 1. The van der Waals surface area contributed by atoms with Crippen LogP contribution < -0.4 is 9.64 Å². The van der Waals surface area contributed by atoms with Gasteiger partial charge in [-0.3, -0.25) is 14.7 Å². The quantitative estimate of drug-likeness (QED) is 0.638. The number of amides is 1. The van der Waals surface area contributed by atoms with E-state index in [0.29, 0.717) is 26.2 Å². The van der Waals surface area contributed by atoms with Crippen LogP contribution in [-0.4, -0.2) is 32.9 Å². The number of carbonyl (C=O) groups excluding carboxylic acids is 1. The normalized spacial score (nSPS) is 15.7. The number of benzene rings is 1. The summed E-state index contributed by atoms with van der Waals surface area (Å²) in [7, 11) is 0. The fourth-order valence-electron chi connectivity index (χ4n) is 2.19. The van der Waals surface area contributed by atoms with Gasteiger partial charge in [-0.25, -0.2) is 4.79 Å². The van der Waals surface area contributed by atoms with Crippen LogP contribution in [0.15, 0.2) is 53.7 Å². The van der Waals surface area contributed by atoms with Crippen molar-refractivity contribution in [2.75, 3.05) is 11.5 Å². The first-order valence-electron chi connectivity index (χ1n) is 7.18. The third-order valence-corrected chi connectivity index (χ3v) is 4.56. The Morgan fingerprint density at radius 3 is 2.84 bits per heavy atom. The minimum absolute atomic E-state index is 0.254. The number of pyridine rings is 1. The van der Waals surface area contributed by atoms with Gasteiger partial charge < -0.3 is 9.84 Å². The van der Waals surface area contributed by atoms with E-state index in [2.05, 4.69) is 4.98 Å². The van der Waals surface area contributed by atoms with Crippen LogP contribution >= 0.6 is 24.0 Å². The van der Waals surface area contributed by atoms with Crippen LogP contribution in [0.2, 0.25) is 0 Å². The number of hydrogen-bond acceptors (Lipinski definition) is 6. The summed E-state index contributed by atoms with van der Waals surface area (Å²) in [5.41, 5.74) is 1.21. The Bertz CT molecular complexity index is 868. The zero-order valence-corrected chi connectivity index (χ0v) is 14.4. The van der Waals surface area contributed by atoms with E-state index >= 15 is 0 Å². The van der Waals surface area contributed by atoms with Gasteiger partial charge in [0.15, 0.2) is 10.9 Å². The zero-order chi connectivity index (χ0) is 17.8. The maximum atomic E-state index is 12.7. The predicted octanol–water partition coefficient (Wildman–Crippen LogP) is 2.95. The Balaban J connectivity index is 1.89. The van der Waals surface area contributed by atoms with Crippen molar-refractivity contribution in [3.8, 4) is 5.75 Å². The van der Waals surface area contributed by atoms with Crippen molar-refractivity contribution >= 4 is 51.9 Å². The topological polar surface area (TPSA) is 79.7 Å². The van der Waals surface area contributed by atoms with Crippen LogP contribution in [-0.2, 0) is 9.59 Å². The highest BCUT2D eigenvalue weighted by Gasteiger charge is 2.33. The SMILES string of the molecule is O=C(O)COc1ccccc1/C=C1\SC(=S)N(c2cccnc2)C1=O. The average Bonchev–Trinajstić information content (AvgIpc) is 2.88. The van der Waals surface area contributed by atoms with Gasteiger partial charge in [-0.05, 0) is 24.3 Å². The summed E-state index contributed by atoms with van der Waals surface area (Å²) < 4.78 is 5.67. The van der Waals surface area contributed by atoms with Gasteiger partial charge in [-0.1, -0.05) is 42.2 Å². The van der Waals surface area contributed by atoms with Gasteiger partial charge in [0.25, 0.3) is 5.91 Å². The first-order chi connectivity index (χ1) is 12.1. The molecule has 0 aliphatic carbocycles. The monoisotopic (exact) mass is 372 g/mol. The van der Waals surface area contributed by atoms with Crippen molar-refractivity contribution in [3.05, 3.63) is 59.3 Å². The second-order valence-electron chi connectivity index (χ2n) is 4.95. The van der Waals surface area contributed by atoms with E-state index in [1.165, 1.54) is 16.7 Å². The lowest BCUT2D eigenvalue weighted by molar-refractivity contribution is -0.139. The van der Waals surface area contributed by atoms with Gasteiger partial charge in [-0.2, -0.15) is 0 Å². The minimum atomic E-state index is -1.07. The number of carbonyl (C=O) groups is 2. The largest absolute Gasteiger partial charge is 0.481 e. The highest BCUT2D eigenvalue weighted by Crippen LogP contribution is 2.36. The van der Waals surface area contributed by atoms with Gasteiger partial charge in [0.05, 0.1) is 16.8 Å². The lowest BCUT2D eigenvalue weighted by atomic mass is 10.2. The second-order valence-corrected chi connectivity index (χ2v) is 6.62. The Morgan fingerprint density at radius 2 is 2.12 bits per heavy atom.